The number of amides is 3. The third kappa shape index (κ3) is 4.07. The van der Waals surface area contributed by atoms with E-state index in [1.165, 1.54) is 11.8 Å². The fourth-order valence-corrected chi connectivity index (χ4v) is 3.42. The molecule has 3 amide bonds. The predicted molar refractivity (Wildman–Crippen MR) is 79.9 cm³/mol. The number of Topliss-reactive ketones (excluding diaryl/α,β-unsaturated/α-hetero) is 1. The van der Waals surface area contributed by atoms with E-state index in [2.05, 4.69) is 5.32 Å². The van der Waals surface area contributed by atoms with Crippen molar-refractivity contribution >= 4 is 23.5 Å². The van der Waals surface area contributed by atoms with E-state index in [1.807, 2.05) is 0 Å². The van der Waals surface area contributed by atoms with Crippen LogP contribution in [0.25, 0.3) is 0 Å². The van der Waals surface area contributed by atoms with Crippen molar-refractivity contribution in [1.29, 1.82) is 0 Å². The first-order valence-electron chi connectivity index (χ1n) is 7.86. The average molecular weight is 325 g/mol. The van der Waals surface area contributed by atoms with Gasteiger partial charge in [-0.25, -0.2) is 0 Å². The smallest absolute Gasteiger partial charge is 0.243 e. The molecule has 0 unspecified atom stereocenters. The van der Waals surface area contributed by atoms with Crippen LogP contribution in [0.5, 0.6) is 0 Å². The standard InChI is InChI=1S/C15H23N3O5/c1-8(19)18-7-11(21)6-12(18)15(23)17-13(14(16)22)9-3-2-4-10(20)5-9/h9,11-13,21H,2-7H2,1H3,(H2,16,22)(H,17,23)/t9-,11-,12+,13-/m1/s1. The topological polar surface area (TPSA) is 130 Å². The van der Waals surface area contributed by atoms with Crippen LogP contribution in [0.3, 0.4) is 0 Å². The van der Waals surface area contributed by atoms with Crippen molar-refractivity contribution in [3.8, 4) is 0 Å². The number of primary amides is 1. The Bertz CT molecular complexity index is 521. The first kappa shape index (κ1) is 17.4. The number of likely N-dealkylation sites (tertiary alicyclic amines) is 1. The van der Waals surface area contributed by atoms with Crippen molar-refractivity contribution in [3.05, 3.63) is 0 Å². The van der Waals surface area contributed by atoms with Crippen LogP contribution in [-0.2, 0) is 19.2 Å². The lowest BCUT2D eigenvalue weighted by molar-refractivity contribution is -0.138. The Kier molecular flexibility index (Phi) is 5.35. The van der Waals surface area contributed by atoms with Gasteiger partial charge in [0, 0.05) is 32.7 Å². The van der Waals surface area contributed by atoms with Gasteiger partial charge < -0.3 is 21.1 Å². The summed E-state index contributed by atoms with van der Waals surface area (Å²) < 4.78 is 0. The maximum atomic E-state index is 12.4. The number of nitrogens with zero attached hydrogens (tertiary/aromatic N) is 1. The summed E-state index contributed by atoms with van der Waals surface area (Å²) in [5.74, 6) is -1.77. The molecule has 0 spiro atoms. The highest BCUT2D eigenvalue weighted by Gasteiger charge is 2.40. The maximum absolute atomic E-state index is 12.4. The molecule has 0 aromatic carbocycles. The number of nitrogens with two attached hydrogens (primary N) is 1. The number of β-amino-alcohol motifs (C(OH)–C–C–N with tert-alkyl or cyclic N) is 1. The average Bonchev–Trinajstić information content (AvgIpc) is 2.86. The van der Waals surface area contributed by atoms with E-state index in [9.17, 15) is 24.3 Å². The second-order valence-electron chi connectivity index (χ2n) is 6.36. The number of ketones is 1. The van der Waals surface area contributed by atoms with E-state index in [-0.39, 0.29) is 37.0 Å². The minimum absolute atomic E-state index is 0.0587. The van der Waals surface area contributed by atoms with Gasteiger partial charge >= 0.3 is 0 Å². The van der Waals surface area contributed by atoms with E-state index >= 15 is 0 Å². The Hall–Kier alpha value is -1.96. The molecule has 8 nitrogen and oxygen atoms in total. The quantitative estimate of drug-likeness (QED) is 0.591. The summed E-state index contributed by atoms with van der Waals surface area (Å²) in [6.07, 6.45) is 1.38. The highest BCUT2D eigenvalue weighted by atomic mass is 16.3. The summed E-state index contributed by atoms with van der Waals surface area (Å²) in [6.45, 7) is 1.42. The minimum Gasteiger partial charge on any atom is -0.391 e. The Balaban J connectivity index is 2.07. The fourth-order valence-electron chi connectivity index (χ4n) is 3.42. The molecule has 1 aliphatic heterocycles. The molecule has 1 saturated carbocycles. The van der Waals surface area contributed by atoms with Crippen molar-refractivity contribution in [2.75, 3.05) is 6.54 Å². The van der Waals surface area contributed by atoms with Gasteiger partial charge in [-0.2, -0.15) is 0 Å². The van der Waals surface area contributed by atoms with Crippen LogP contribution in [0, 0.1) is 5.92 Å². The number of aliphatic hydroxyl groups excluding tert-OH is 1. The lowest BCUT2D eigenvalue weighted by atomic mass is 9.82. The second-order valence-corrected chi connectivity index (χ2v) is 6.36. The zero-order valence-electron chi connectivity index (χ0n) is 13.2. The number of carbonyl (C=O) groups is 4. The van der Waals surface area contributed by atoms with Gasteiger partial charge in [0.1, 0.15) is 17.9 Å². The first-order valence-corrected chi connectivity index (χ1v) is 7.86. The molecule has 1 aliphatic carbocycles. The summed E-state index contributed by atoms with van der Waals surface area (Å²) in [4.78, 5) is 48.6. The van der Waals surface area contributed by atoms with Crippen LogP contribution < -0.4 is 11.1 Å². The van der Waals surface area contributed by atoms with E-state index in [1.54, 1.807) is 0 Å². The normalized spacial score (nSPS) is 29.2. The summed E-state index contributed by atoms with van der Waals surface area (Å²) in [7, 11) is 0. The molecule has 8 heteroatoms. The highest BCUT2D eigenvalue weighted by Crippen LogP contribution is 2.25. The third-order valence-electron chi connectivity index (χ3n) is 4.58. The summed E-state index contributed by atoms with van der Waals surface area (Å²) in [6, 6.07) is -1.75. The molecule has 4 atom stereocenters. The molecule has 0 radical (unpaired) electrons. The van der Waals surface area contributed by atoms with E-state index in [0.717, 1.165) is 0 Å². The number of nitrogens with one attached hydrogen (secondary N) is 1. The minimum atomic E-state index is -0.932. The van der Waals surface area contributed by atoms with E-state index in [0.29, 0.717) is 19.3 Å². The van der Waals surface area contributed by atoms with Gasteiger partial charge in [-0.1, -0.05) is 0 Å². The molecule has 1 saturated heterocycles. The molecule has 0 aromatic heterocycles. The monoisotopic (exact) mass is 325 g/mol. The first-order chi connectivity index (χ1) is 10.8. The van der Waals surface area contributed by atoms with Crippen molar-refractivity contribution < 1.29 is 24.3 Å². The largest absolute Gasteiger partial charge is 0.391 e. The number of hydrogen-bond acceptors (Lipinski definition) is 5. The molecule has 2 rings (SSSR count). The second kappa shape index (κ2) is 7.08. The van der Waals surface area contributed by atoms with E-state index in [4.69, 9.17) is 5.73 Å². The fraction of sp³-hybridized carbons (Fsp3) is 0.733. The molecule has 0 aromatic rings. The van der Waals surface area contributed by atoms with Gasteiger partial charge in [-0.3, -0.25) is 19.2 Å². The highest BCUT2D eigenvalue weighted by molar-refractivity contribution is 5.92. The molecule has 2 fully saturated rings. The summed E-state index contributed by atoms with van der Waals surface area (Å²) in [5, 5.41) is 12.3. The van der Waals surface area contributed by atoms with Crippen LogP contribution in [-0.4, -0.2) is 58.2 Å². The SMILES string of the molecule is CC(=O)N1C[C@H](O)C[C@H]1C(=O)N[C@@H](C(N)=O)[C@@H]1CCCC(=O)C1. The maximum Gasteiger partial charge on any atom is 0.243 e. The third-order valence-corrected chi connectivity index (χ3v) is 4.58. The Morgan fingerprint density at radius 1 is 1.39 bits per heavy atom. The molecule has 23 heavy (non-hydrogen) atoms. The van der Waals surface area contributed by atoms with Crippen LogP contribution in [0.1, 0.15) is 39.0 Å². The zero-order chi connectivity index (χ0) is 17.1. The molecular formula is C15H23N3O5. The predicted octanol–water partition coefficient (Wildman–Crippen LogP) is -1.30. The molecule has 0 bridgehead atoms. The van der Waals surface area contributed by atoms with E-state index < -0.39 is 30.0 Å². The van der Waals surface area contributed by atoms with Crippen LogP contribution >= 0.6 is 0 Å². The summed E-state index contributed by atoms with van der Waals surface area (Å²) in [5.41, 5.74) is 5.39. The lowest BCUT2D eigenvalue weighted by Gasteiger charge is -2.30. The van der Waals surface area contributed by atoms with Crippen LogP contribution in [0.15, 0.2) is 0 Å². The molecule has 4 N–H and O–H groups in total. The van der Waals surface area contributed by atoms with Gasteiger partial charge in [0.05, 0.1) is 6.10 Å². The van der Waals surface area contributed by atoms with Gasteiger partial charge in [0.15, 0.2) is 0 Å². The van der Waals surface area contributed by atoms with Crippen LogP contribution in [0.4, 0.5) is 0 Å². The molecule has 2 aliphatic rings. The number of rotatable bonds is 4. The molecule has 128 valence electrons. The Labute approximate surface area is 134 Å². The lowest BCUT2D eigenvalue weighted by Crippen LogP contribution is -2.55. The van der Waals surface area contributed by atoms with Crippen molar-refractivity contribution in [2.45, 2.75) is 57.2 Å². The Morgan fingerprint density at radius 3 is 2.65 bits per heavy atom. The van der Waals surface area contributed by atoms with Gasteiger partial charge in [0.25, 0.3) is 0 Å². The van der Waals surface area contributed by atoms with Gasteiger partial charge in [-0.05, 0) is 18.8 Å². The number of carbonyl (C=O) groups excluding carboxylic acids is 4. The van der Waals surface area contributed by atoms with Crippen LogP contribution in [0.2, 0.25) is 0 Å². The number of aliphatic hydroxyl groups is 1. The zero-order valence-corrected chi connectivity index (χ0v) is 13.2. The molecular weight excluding hydrogens is 302 g/mol. The number of hydrogen-bond donors (Lipinski definition) is 3. The van der Waals surface area contributed by atoms with Crippen molar-refractivity contribution in [2.24, 2.45) is 11.7 Å². The van der Waals surface area contributed by atoms with Gasteiger partial charge in [-0.15, -0.1) is 0 Å². The Morgan fingerprint density at radius 2 is 2.09 bits per heavy atom. The van der Waals surface area contributed by atoms with Gasteiger partial charge in [0.2, 0.25) is 17.7 Å². The van der Waals surface area contributed by atoms with Crippen molar-refractivity contribution in [3.63, 3.8) is 0 Å². The van der Waals surface area contributed by atoms with Crippen molar-refractivity contribution in [1.82, 2.24) is 10.2 Å². The molecule has 1 heterocycles. The summed E-state index contributed by atoms with van der Waals surface area (Å²) >= 11 is 0.